The summed E-state index contributed by atoms with van der Waals surface area (Å²) < 4.78 is 0. The van der Waals surface area contributed by atoms with E-state index in [4.69, 9.17) is 5.73 Å². The first kappa shape index (κ1) is 12.8. The first-order chi connectivity index (χ1) is 8.05. The second-order valence-corrected chi connectivity index (χ2v) is 5.88. The van der Waals surface area contributed by atoms with E-state index >= 15 is 0 Å². The monoisotopic (exact) mass is 236 g/mol. The molecular weight excluding hydrogens is 212 g/mol. The van der Waals surface area contributed by atoms with Gasteiger partial charge in [0.2, 0.25) is 0 Å². The Kier molecular flexibility index (Phi) is 3.72. The van der Waals surface area contributed by atoms with E-state index in [0.29, 0.717) is 12.0 Å². The summed E-state index contributed by atoms with van der Waals surface area (Å²) in [5.74, 6) is 0.432. The summed E-state index contributed by atoms with van der Waals surface area (Å²) in [6, 6.07) is 2.94. The lowest BCUT2D eigenvalue weighted by Crippen LogP contribution is -2.53. The van der Waals surface area contributed by atoms with Gasteiger partial charge in [0.25, 0.3) is 0 Å². The van der Waals surface area contributed by atoms with E-state index in [9.17, 15) is 5.26 Å². The van der Waals surface area contributed by atoms with Gasteiger partial charge in [0.05, 0.1) is 6.07 Å². The van der Waals surface area contributed by atoms with E-state index in [1.54, 1.807) is 0 Å². The van der Waals surface area contributed by atoms with Crippen LogP contribution in [0.5, 0.6) is 0 Å². The van der Waals surface area contributed by atoms with Crippen LogP contribution in [0.1, 0.15) is 25.7 Å². The van der Waals surface area contributed by atoms with E-state index < -0.39 is 5.54 Å². The molecule has 2 fully saturated rings. The van der Waals surface area contributed by atoms with Gasteiger partial charge < -0.3 is 15.5 Å². The Morgan fingerprint density at radius 1 is 1.35 bits per heavy atom. The number of piperidine rings is 1. The van der Waals surface area contributed by atoms with Crippen LogP contribution in [0.2, 0.25) is 0 Å². The predicted molar refractivity (Wildman–Crippen MR) is 68.4 cm³/mol. The Balaban J connectivity index is 1.87. The van der Waals surface area contributed by atoms with E-state index in [1.807, 2.05) is 0 Å². The summed E-state index contributed by atoms with van der Waals surface area (Å²) >= 11 is 0. The Hall–Kier alpha value is -0.630. The lowest BCUT2D eigenvalue weighted by molar-refractivity contribution is 0.126. The molecule has 0 radical (unpaired) electrons. The van der Waals surface area contributed by atoms with Crippen LogP contribution in [0.4, 0.5) is 0 Å². The number of hydrogen-bond donors (Lipinski definition) is 1. The van der Waals surface area contributed by atoms with Crippen LogP contribution in [0.3, 0.4) is 0 Å². The van der Waals surface area contributed by atoms with Crippen molar-refractivity contribution < 1.29 is 0 Å². The van der Waals surface area contributed by atoms with E-state index in [0.717, 1.165) is 32.5 Å². The van der Waals surface area contributed by atoms with Crippen LogP contribution in [0.25, 0.3) is 0 Å². The number of nitrogens with two attached hydrogens (primary N) is 1. The number of likely N-dealkylation sites (N-methyl/N-ethyl adjacent to an activating group) is 1. The Bertz CT molecular complexity index is 299. The van der Waals surface area contributed by atoms with Gasteiger partial charge in [-0.1, -0.05) is 0 Å². The van der Waals surface area contributed by atoms with E-state index in [1.165, 1.54) is 12.8 Å². The largest absolute Gasteiger partial charge is 0.312 e. The minimum absolute atomic E-state index is 0.432. The highest BCUT2D eigenvalue weighted by molar-refractivity contribution is 5.14. The number of rotatable bonds is 4. The van der Waals surface area contributed by atoms with Crippen molar-refractivity contribution in [2.75, 3.05) is 33.7 Å². The molecule has 1 heterocycles. The van der Waals surface area contributed by atoms with Crippen LogP contribution in [-0.4, -0.2) is 55.1 Å². The maximum absolute atomic E-state index is 9.28. The summed E-state index contributed by atoms with van der Waals surface area (Å²) in [5, 5.41) is 9.28. The normalized spacial score (nSPS) is 26.8. The molecule has 2 N–H and O–H groups in total. The average Bonchev–Trinajstić information content (AvgIpc) is 3.13. The van der Waals surface area contributed by atoms with Gasteiger partial charge in [-0.05, 0) is 58.8 Å². The molecule has 1 atom stereocenters. The van der Waals surface area contributed by atoms with E-state index in [-0.39, 0.29) is 0 Å². The number of hydrogen-bond acceptors (Lipinski definition) is 4. The third kappa shape index (κ3) is 2.98. The maximum Gasteiger partial charge on any atom is 0.119 e. The van der Waals surface area contributed by atoms with Crippen molar-refractivity contribution in [2.45, 2.75) is 37.3 Å². The fourth-order valence-electron chi connectivity index (χ4n) is 2.83. The molecule has 4 heteroatoms. The molecule has 4 nitrogen and oxygen atoms in total. The van der Waals surface area contributed by atoms with Gasteiger partial charge in [0, 0.05) is 12.6 Å². The summed E-state index contributed by atoms with van der Waals surface area (Å²) in [5.41, 5.74) is 5.61. The lowest BCUT2D eigenvalue weighted by Gasteiger charge is -2.38. The first-order valence-corrected chi connectivity index (χ1v) is 6.64. The molecule has 0 aromatic rings. The summed E-state index contributed by atoms with van der Waals surface area (Å²) in [7, 11) is 4.29. The highest BCUT2D eigenvalue weighted by atomic mass is 15.2. The molecule has 0 bridgehead atoms. The van der Waals surface area contributed by atoms with Crippen molar-refractivity contribution >= 4 is 0 Å². The highest BCUT2D eigenvalue weighted by Gasteiger charge is 2.44. The van der Waals surface area contributed by atoms with Crippen LogP contribution >= 0.6 is 0 Å². The SMILES string of the molecule is CN1CCC(N(C)CC(N)(C#N)C2CC2)CC1. The molecular formula is C13H24N4. The molecule has 1 aliphatic carbocycles. The van der Waals surface area contributed by atoms with Crippen LogP contribution in [0.15, 0.2) is 0 Å². The average molecular weight is 236 g/mol. The molecule has 2 aliphatic rings. The molecule has 1 unspecified atom stereocenters. The van der Waals surface area contributed by atoms with Crippen molar-refractivity contribution in [1.29, 1.82) is 5.26 Å². The lowest BCUT2D eigenvalue weighted by atomic mass is 9.94. The number of nitrogens with zero attached hydrogens (tertiary/aromatic N) is 3. The zero-order chi connectivity index (χ0) is 12.5. The van der Waals surface area contributed by atoms with Crippen LogP contribution in [0, 0.1) is 17.2 Å². The minimum Gasteiger partial charge on any atom is -0.312 e. The van der Waals surface area contributed by atoms with Crippen LogP contribution in [-0.2, 0) is 0 Å². The topological polar surface area (TPSA) is 56.3 Å². The van der Waals surface area contributed by atoms with Gasteiger partial charge in [-0.2, -0.15) is 5.26 Å². The fraction of sp³-hybridized carbons (Fsp3) is 0.923. The van der Waals surface area contributed by atoms with Gasteiger partial charge in [-0.25, -0.2) is 0 Å². The van der Waals surface area contributed by atoms with Gasteiger partial charge in [-0.15, -0.1) is 0 Å². The molecule has 0 spiro atoms. The Labute approximate surface area is 104 Å². The third-order valence-corrected chi connectivity index (χ3v) is 4.34. The molecule has 0 aromatic heterocycles. The molecule has 0 aromatic carbocycles. The van der Waals surface area contributed by atoms with Gasteiger partial charge in [-0.3, -0.25) is 0 Å². The van der Waals surface area contributed by atoms with E-state index in [2.05, 4.69) is 30.0 Å². The first-order valence-electron chi connectivity index (χ1n) is 6.64. The molecule has 1 aliphatic heterocycles. The Morgan fingerprint density at radius 3 is 2.41 bits per heavy atom. The summed E-state index contributed by atoms with van der Waals surface area (Å²) in [6.07, 6.45) is 4.65. The van der Waals surface area contributed by atoms with Crippen molar-refractivity contribution in [1.82, 2.24) is 9.80 Å². The maximum atomic E-state index is 9.28. The molecule has 96 valence electrons. The quantitative estimate of drug-likeness (QED) is 0.778. The van der Waals surface area contributed by atoms with Crippen molar-refractivity contribution in [3.63, 3.8) is 0 Å². The molecule has 1 saturated heterocycles. The van der Waals surface area contributed by atoms with Gasteiger partial charge in [0.1, 0.15) is 5.54 Å². The van der Waals surface area contributed by atoms with Crippen molar-refractivity contribution in [2.24, 2.45) is 11.7 Å². The number of likely N-dealkylation sites (tertiary alicyclic amines) is 1. The van der Waals surface area contributed by atoms with Gasteiger partial charge >= 0.3 is 0 Å². The Morgan fingerprint density at radius 2 is 1.94 bits per heavy atom. The highest BCUT2D eigenvalue weighted by Crippen LogP contribution is 2.38. The zero-order valence-electron chi connectivity index (χ0n) is 11.0. The van der Waals surface area contributed by atoms with Crippen LogP contribution < -0.4 is 5.73 Å². The van der Waals surface area contributed by atoms with Crippen molar-refractivity contribution in [3.05, 3.63) is 0 Å². The zero-order valence-corrected chi connectivity index (χ0v) is 11.0. The molecule has 0 amide bonds. The minimum atomic E-state index is -0.613. The third-order valence-electron chi connectivity index (χ3n) is 4.34. The summed E-state index contributed by atoms with van der Waals surface area (Å²) in [6.45, 7) is 3.04. The van der Waals surface area contributed by atoms with Crippen molar-refractivity contribution in [3.8, 4) is 6.07 Å². The second kappa shape index (κ2) is 4.93. The molecule has 2 rings (SSSR count). The molecule has 1 saturated carbocycles. The predicted octanol–water partition coefficient (Wildman–Crippen LogP) is 0.643. The summed E-state index contributed by atoms with van der Waals surface area (Å²) in [4.78, 5) is 4.68. The smallest absolute Gasteiger partial charge is 0.119 e. The second-order valence-electron chi connectivity index (χ2n) is 5.88. The molecule has 17 heavy (non-hydrogen) atoms. The standard InChI is InChI=1S/C13H24N4/c1-16-7-5-12(6-8-16)17(2)10-13(15,9-14)11-3-4-11/h11-12H,3-8,10,15H2,1-2H3. The number of nitriles is 1. The fourth-order valence-corrected chi connectivity index (χ4v) is 2.83. The van der Waals surface area contributed by atoms with Gasteiger partial charge in [0.15, 0.2) is 0 Å².